The van der Waals surface area contributed by atoms with E-state index in [1.807, 2.05) is 25.7 Å². The van der Waals surface area contributed by atoms with Crippen molar-refractivity contribution < 1.29 is 9.53 Å². The van der Waals surface area contributed by atoms with Crippen molar-refractivity contribution in [1.29, 1.82) is 0 Å². The van der Waals surface area contributed by atoms with Gasteiger partial charge in [0.15, 0.2) is 0 Å². The third-order valence-electron chi connectivity index (χ3n) is 2.45. The average Bonchev–Trinajstić information content (AvgIpc) is 2.19. The smallest absolute Gasteiger partial charge is 0.253 e. The molecule has 0 aromatic rings. The Labute approximate surface area is 85.6 Å². The molecule has 0 bridgehead atoms. The summed E-state index contributed by atoms with van der Waals surface area (Å²) in [7, 11) is 0. The fourth-order valence-electron chi connectivity index (χ4n) is 1.68. The number of morpholine rings is 1. The first kappa shape index (κ1) is 11.5. The summed E-state index contributed by atoms with van der Waals surface area (Å²) in [6, 6.07) is 0.248. The van der Waals surface area contributed by atoms with E-state index in [4.69, 9.17) is 4.74 Å². The van der Waals surface area contributed by atoms with E-state index in [-0.39, 0.29) is 18.1 Å². The summed E-state index contributed by atoms with van der Waals surface area (Å²) in [6.45, 7) is 8.91. The highest BCUT2D eigenvalue weighted by molar-refractivity contribution is 5.81. The molecule has 0 spiro atoms. The molecular formula is C10H20N2O2. The van der Waals surface area contributed by atoms with E-state index in [2.05, 4.69) is 5.32 Å². The number of hydrogen-bond acceptors (Lipinski definition) is 3. The third kappa shape index (κ3) is 2.69. The minimum atomic E-state index is -0.286. The van der Waals surface area contributed by atoms with Crippen LogP contribution in [0.3, 0.4) is 0 Å². The second kappa shape index (κ2) is 5.32. The van der Waals surface area contributed by atoms with Crippen molar-refractivity contribution in [3.8, 4) is 0 Å². The number of likely N-dealkylation sites (N-methyl/N-ethyl adjacent to an activating group) is 1. The number of hydrogen-bond donors (Lipinski definition) is 1. The number of carbonyl (C=O) groups is 1. The zero-order valence-corrected chi connectivity index (χ0v) is 9.25. The highest BCUT2D eigenvalue weighted by atomic mass is 16.5. The van der Waals surface area contributed by atoms with Crippen molar-refractivity contribution in [3.05, 3.63) is 0 Å². The van der Waals surface area contributed by atoms with Gasteiger partial charge in [-0.2, -0.15) is 0 Å². The molecule has 4 heteroatoms. The minimum absolute atomic E-state index is 0.106. The Kier molecular flexibility index (Phi) is 4.35. The Balaban J connectivity index is 2.52. The molecule has 0 unspecified atom stereocenters. The molecule has 1 aliphatic rings. The summed E-state index contributed by atoms with van der Waals surface area (Å²) in [5, 5.41) is 3.16. The number of nitrogens with one attached hydrogen (secondary N) is 1. The monoisotopic (exact) mass is 200 g/mol. The van der Waals surface area contributed by atoms with Gasteiger partial charge in [0.2, 0.25) is 0 Å². The van der Waals surface area contributed by atoms with Crippen molar-refractivity contribution in [1.82, 2.24) is 10.2 Å². The van der Waals surface area contributed by atoms with E-state index in [1.165, 1.54) is 0 Å². The Bertz CT molecular complexity index is 189. The van der Waals surface area contributed by atoms with Crippen molar-refractivity contribution in [2.75, 3.05) is 26.2 Å². The van der Waals surface area contributed by atoms with E-state index in [9.17, 15) is 4.79 Å². The van der Waals surface area contributed by atoms with Crippen molar-refractivity contribution in [2.24, 2.45) is 0 Å². The first-order valence-electron chi connectivity index (χ1n) is 5.29. The van der Waals surface area contributed by atoms with Crippen LogP contribution < -0.4 is 5.32 Å². The van der Waals surface area contributed by atoms with Gasteiger partial charge in [-0.05, 0) is 20.8 Å². The number of nitrogens with zero attached hydrogens (tertiary/aromatic N) is 1. The summed E-state index contributed by atoms with van der Waals surface area (Å²) < 4.78 is 5.42. The van der Waals surface area contributed by atoms with E-state index in [1.54, 1.807) is 0 Å². The van der Waals surface area contributed by atoms with Crippen molar-refractivity contribution in [3.63, 3.8) is 0 Å². The van der Waals surface area contributed by atoms with Gasteiger partial charge in [0, 0.05) is 25.7 Å². The standard InChI is InChI=1S/C10H20N2O2/c1-4-12(8(2)3)10(13)9-7-11-5-6-14-9/h8-9,11H,4-7H2,1-3H3/t9-/m1/s1. The van der Waals surface area contributed by atoms with Gasteiger partial charge >= 0.3 is 0 Å². The Hall–Kier alpha value is -0.610. The first-order valence-corrected chi connectivity index (χ1v) is 5.29. The van der Waals surface area contributed by atoms with Gasteiger partial charge in [-0.15, -0.1) is 0 Å². The lowest BCUT2D eigenvalue weighted by atomic mass is 10.2. The van der Waals surface area contributed by atoms with E-state index >= 15 is 0 Å². The van der Waals surface area contributed by atoms with Gasteiger partial charge in [0.25, 0.3) is 5.91 Å². The summed E-state index contributed by atoms with van der Waals surface area (Å²) >= 11 is 0. The second-order valence-corrected chi connectivity index (χ2v) is 3.78. The Morgan fingerprint density at radius 3 is 2.79 bits per heavy atom. The molecule has 1 heterocycles. The highest BCUT2D eigenvalue weighted by Crippen LogP contribution is 2.06. The lowest BCUT2D eigenvalue weighted by Crippen LogP contribution is -2.51. The fourth-order valence-corrected chi connectivity index (χ4v) is 1.68. The van der Waals surface area contributed by atoms with Crippen LogP contribution in [0.2, 0.25) is 0 Å². The van der Waals surface area contributed by atoms with Gasteiger partial charge < -0.3 is 15.0 Å². The summed E-state index contributed by atoms with van der Waals surface area (Å²) in [6.07, 6.45) is -0.286. The highest BCUT2D eigenvalue weighted by Gasteiger charge is 2.27. The third-order valence-corrected chi connectivity index (χ3v) is 2.45. The van der Waals surface area contributed by atoms with Crippen LogP contribution >= 0.6 is 0 Å². The molecule has 14 heavy (non-hydrogen) atoms. The van der Waals surface area contributed by atoms with E-state index in [0.717, 1.165) is 13.1 Å². The number of ether oxygens (including phenoxy) is 1. The van der Waals surface area contributed by atoms with Crippen LogP contribution in [-0.4, -0.2) is 49.2 Å². The molecule has 1 aliphatic heterocycles. The number of rotatable bonds is 3. The van der Waals surface area contributed by atoms with Crippen LogP contribution in [-0.2, 0) is 9.53 Å². The van der Waals surface area contributed by atoms with Crippen LogP contribution in [0.25, 0.3) is 0 Å². The van der Waals surface area contributed by atoms with Crippen LogP contribution in [0, 0.1) is 0 Å². The van der Waals surface area contributed by atoms with Crippen LogP contribution in [0.4, 0.5) is 0 Å². The Morgan fingerprint density at radius 2 is 2.36 bits per heavy atom. The molecule has 1 fully saturated rings. The van der Waals surface area contributed by atoms with E-state index in [0.29, 0.717) is 13.2 Å². The Morgan fingerprint density at radius 1 is 1.64 bits per heavy atom. The van der Waals surface area contributed by atoms with Gasteiger partial charge in [-0.3, -0.25) is 4.79 Å². The SMILES string of the molecule is CCN(C(=O)[C@H]1CNCCO1)C(C)C. The first-order chi connectivity index (χ1) is 6.66. The van der Waals surface area contributed by atoms with Crippen LogP contribution in [0.1, 0.15) is 20.8 Å². The molecule has 0 aliphatic carbocycles. The molecule has 4 nitrogen and oxygen atoms in total. The lowest BCUT2D eigenvalue weighted by Gasteiger charge is -2.31. The largest absolute Gasteiger partial charge is 0.366 e. The van der Waals surface area contributed by atoms with Gasteiger partial charge in [-0.1, -0.05) is 0 Å². The zero-order valence-electron chi connectivity index (χ0n) is 9.25. The van der Waals surface area contributed by atoms with Crippen molar-refractivity contribution in [2.45, 2.75) is 32.9 Å². The fraction of sp³-hybridized carbons (Fsp3) is 0.900. The van der Waals surface area contributed by atoms with Gasteiger partial charge in [0.05, 0.1) is 6.61 Å². The normalized spacial score (nSPS) is 22.4. The van der Waals surface area contributed by atoms with Crippen molar-refractivity contribution >= 4 is 5.91 Å². The molecule has 1 atom stereocenters. The zero-order chi connectivity index (χ0) is 10.6. The van der Waals surface area contributed by atoms with Gasteiger partial charge in [-0.25, -0.2) is 0 Å². The van der Waals surface area contributed by atoms with Crippen LogP contribution in [0.15, 0.2) is 0 Å². The quantitative estimate of drug-likeness (QED) is 0.709. The molecule has 1 amide bonds. The molecule has 1 rings (SSSR count). The molecular weight excluding hydrogens is 180 g/mol. The summed E-state index contributed by atoms with van der Waals surface area (Å²) in [5.74, 6) is 0.106. The second-order valence-electron chi connectivity index (χ2n) is 3.78. The summed E-state index contributed by atoms with van der Waals surface area (Å²) in [5.41, 5.74) is 0. The minimum Gasteiger partial charge on any atom is -0.366 e. The maximum atomic E-state index is 11.9. The number of carbonyl (C=O) groups excluding carboxylic acids is 1. The van der Waals surface area contributed by atoms with E-state index < -0.39 is 0 Å². The molecule has 0 saturated carbocycles. The molecule has 0 aromatic heterocycles. The van der Waals surface area contributed by atoms with Gasteiger partial charge in [0.1, 0.15) is 6.10 Å². The van der Waals surface area contributed by atoms with Crippen LogP contribution in [0.5, 0.6) is 0 Å². The lowest BCUT2D eigenvalue weighted by molar-refractivity contribution is -0.146. The molecule has 82 valence electrons. The predicted molar refractivity (Wildman–Crippen MR) is 55.1 cm³/mol. The maximum Gasteiger partial charge on any atom is 0.253 e. The molecule has 0 radical (unpaired) electrons. The maximum absolute atomic E-state index is 11.9. The average molecular weight is 200 g/mol. The molecule has 0 aromatic carbocycles. The molecule has 1 N–H and O–H groups in total. The number of amides is 1. The topological polar surface area (TPSA) is 41.6 Å². The summed E-state index contributed by atoms with van der Waals surface area (Å²) in [4.78, 5) is 13.8. The molecule has 1 saturated heterocycles. The predicted octanol–water partition coefficient (Wildman–Crippen LogP) is 0.232.